The van der Waals surface area contributed by atoms with Crippen molar-refractivity contribution in [2.45, 2.75) is 155 Å². The van der Waals surface area contributed by atoms with Crippen molar-refractivity contribution < 1.29 is 18.0 Å². The molecule has 0 saturated carbocycles. The SMILES string of the molecule is CCC(CC)c1cccc(C(CC)CC)c1N1C=CN(c2c(C(CC)CC)cccc2C(CC)CC)C1=CCCC[CH2][Pd][c]1ncccc1Cl. The summed E-state index contributed by atoms with van der Waals surface area (Å²) in [5.41, 5.74) is 8.85. The van der Waals surface area contributed by atoms with Gasteiger partial charge in [-0.1, -0.05) is 0 Å². The molecule has 276 valence electrons. The molecule has 0 aliphatic carbocycles. The van der Waals surface area contributed by atoms with E-state index in [0.717, 1.165) is 78.3 Å². The van der Waals surface area contributed by atoms with E-state index in [2.05, 4.69) is 125 Å². The Bertz CT molecular complexity index is 1390. The molecule has 4 rings (SSSR count). The van der Waals surface area contributed by atoms with Crippen LogP contribution in [-0.4, -0.2) is 4.98 Å². The third-order valence-electron chi connectivity index (χ3n) is 11.0. The third-order valence-corrected chi connectivity index (χ3v) is 13.6. The van der Waals surface area contributed by atoms with Crippen molar-refractivity contribution in [2.75, 3.05) is 9.80 Å². The van der Waals surface area contributed by atoms with Gasteiger partial charge in [0.25, 0.3) is 0 Å². The minimum atomic E-state index is 0.427. The molecule has 1 aliphatic heterocycles. The van der Waals surface area contributed by atoms with Gasteiger partial charge in [0.15, 0.2) is 0 Å². The second kappa shape index (κ2) is 20.6. The van der Waals surface area contributed by atoms with Crippen molar-refractivity contribution in [3.8, 4) is 0 Å². The standard InChI is InChI=1S/C40H61N2.C5H3ClN.Pd/c1-10-19-20-27-38-41(39-34(30(11-2)12-3)23-21-24-35(39)31(13-4)14-5)28-29-42(38)40-36(32(15-6)16-7)25-22-26-37(40)33(17-8)18-9;6-5-2-1-3-7-4-5;/h21-33H,1,10-20H2,2-9H3;1-3H;. The van der Waals surface area contributed by atoms with E-state index in [1.807, 2.05) is 18.3 Å². The average molecular weight is 789 g/mol. The number of unbranched alkanes of at least 4 members (excludes halogenated alkanes) is 2. The van der Waals surface area contributed by atoms with Gasteiger partial charge in [0.2, 0.25) is 0 Å². The molecule has 3 nitrogen and oxygen atoms in total. The number of halogens is 1. The van der Waals surface area contributed by atoms with Gasteiger partial charge >= 0.3 is 321 Å². The van der Waals surface area contributed by atoms with Crippen LogP contribution in [0, 0.1) is 0 Å². The van der Waals surface area contributed by atoms with Gasteiger partial charge in [0.05, 0.1) is 0 Å². The summed E-state index contributed by atoms with van der Waals surface area (Å²) < 4.78 is 1.07. The van der Waals surface area contributed by atoms with Crippen LogP contribution >= 0.6 is 11.6 Å². The predicted octanol–water partition coefficient (Wildman–Crippen LogP) is 14.0. The first-order valence-electron chi connectivity index (χ1n) is 19.8. The van der Waals surface area contributed by atoms with Crippen molar-refractivity contribution in [1.29, 1.82) is 0 Å². The van der Waals surface area contributed by atoms with E-state index in [-0.39, 0.29) is 0 Å². The summed E-state index contributed by atoms with van der Waals surface area (Å²) in [7, 11) is 0. The molecule has 0 unspecified atom stereocenters. The van der Waals surface area contributed by atoms with Gasteiger partial charge in [0.1, 0.15) is 0 Å². The molecule has 2 aromatic carbocycles. The number of pyridine rings is 1. The molecule has 2 heterocycles. The van der Waals surface area contributed by atoms with Gasteiger partial charge in [-0.05, 0) is 0 Å². The maximum atomic E-state index is 6.44. The van der Waals surface area contributed by atoms with Crippen molar-refractivity contribution in [2.24, 2.45) is 0 Å². The van der Waals surface area contributed by atoms with E-state index >= 15 is 0 Å². The summed E-state index contributed by atoms with van der Waals surface area (Å²) in [6.07, 6.45) is 21.7. The Kier molecular flexibility index (Phi) is 16.6. The molecule has 0 amide bonds. The Hall–Kier alpha value is -2.38. The molecular weight excluding hydrogens is 724 g/mol. The van der Waals surface area contributed by atoms with Crippen LogP contribution in [0.25, 0.3) is 0 Å². The van der Waals surface area contributed by atoms with Crippen LogP contribution in [0.5, 0.6) is 0 Å². The van der Waals surface area contributed by atoms with Crippen LogP contribution in [0.1, 0.15) is 172 Å². The molecule has 0 fully saturated rings. The van der Waals surface area contributed by atoms with Crippen molar-refractivity contribution in [3.63, 3.8) is 0 Å². The van der Waals surface area contributed by atoms with Crippen LogP contribution in [0.2, 0.25) is 9.92 Å². The first-order chi connectivity index (χ1) is 24.4. The summed E-state index contributed by atoms with van der Waals surface area (Å²) in [5, 5.41) is 0.806. The summed E-state index contributed by atoms with van der Waals surface area (Å²) in [5.74, 6) is 3.42. The number of hydrogen-bond donors (Lipinski definition) is 0. The van der Waals surface area contributed by atoms with Crippen molar-refractivity contribution in [3.05, 3.63) is 106 Å². The van der Waals surface area contributed by atoms with E-state index in [0.29, 0.717) is 41.7 Å². The number of allylic oxidation sites excluding steroid dienone is 1. The zero-order valence-electron chi connectivity index (χ0n) is 32.3. The molecule has 0 radical (unpaired) electrons. The molecule has 5 heteroatoms. The molecule has 50 heavy (non-hydrogen) atoms. The number of benzene rings is 2. The van der Waals surface area contributed by atoms with E-state index in [1.54, 1.807) is 0 Å². The molecule has 0 saturated heterocycles. The van der Waals surface area contributed by atoms with Gasteiger partial charge < -0.3 is 0 Å². The van der Waals surface area contributed by atoms with Crippen LogP contribution in [-0.2, 0) is 18.0 Å². The van der Waals surface area contributed by atoms with Crippen LogP contribution in [0.15, 0.2) is 79.0 Å². The van der Waals surface area contributed by atoms with Crippen LogP contribution in [0.4, 0.5) is 11.4 Å². The molecule has 3 aromatic rings. The number of rotatable bonds is 20. The minimum absolute atomic E-state index is 0.427. The second-order valence-corrected chi connectivity index (χ2v) is 16.2. The second-order valence-electron chi connectivity index (χ2n) is 13.7. The van der Waals surface area contributed by atoms with Gasteiger partial charge in [-0.25, -0.2) is 0 Å². The number of nitrogens with zero attached hydrogens (tertiary/aromatic N) is 3. The van der Waals surface area contributed by atoms with Gasteiger partial charge in [-0.3, -0.25) is 0 Å². The quantitative estimate of drug-likeness (QED) is 0.0840. The molecule has 0 N–H and O–H groups in total. The number of anilines is 2. The third kappa shape index (κ3) is 9.34. The normalized spacial score (nSPS) is 13.3. The molecule has 1 aliphatic rings. The molecule has 0 bridgehead atoms. The summed E-state index contributed by atoms with van der Waals surface area (Å²) in [6, 6.07) is 18.2. The van der Waals surface area contributed by atoms with E-state index in [4.69, 9.17) is 11.6 Å². The average Bonchev–Trinajstić information content (AvgIpc) is 3.55. The Morgan fingerprint density at radius 1 is 0.600 bits per heavy atom. The fourth-order valence-corrected chi connectivity index (χ4v) is 10.0. The first kappa shape index (κ1) is 40.4. The van der Waals surface area contributed by atoms with E-state index in [1.165, 1.54) is 45.9 Å². The van der Waals surface area contributed by atoms with Gasteiger partial charge in [0, 0.05) is 0 Å². The number of aromatic nitrogens is 1. The molecular formula is C45H64ClN3Pd. The molecule has 1 aromatic heterocycles. The Morgan fingerprint density at radius 3 is 1.40 bits per heavy atom. The Balaban J connectivity index is 1.85. The summed E-state index contributed by atoms with van der Waals surface area (Å²) in [4.78, 5) is 10.9. The zero-order valence-corrected chi connectivity index (χ0v) is 34.6. The summed E-state index contributed by atoms with van der Waals surface area (Å²) >= 11 is 6.87. The Morgan fingerprint density at radius 2 is 1.02 bits per heavy atom. The van der Waals surface area contributed by atoms with E-state index < -0.39 is 0 Å². The molecule has 0 spiro atoms. The van der Waals surface area contributed by atoms with Crippen molar-refractivity contribution >= 4 is 27.1 Å². The van der Waals surface area contributed by atoms with Crippen molar-refractivity contribution in [1.82, 2.24) is 4.98 Å². The molecule has 0 atom stereocenters. The topological polar surface area (TPSA) is 19.4 Å². The summed E-state index contributed by atoms with van der Waals surface area (Å²) in [6.45, 7) is 18.9. The van der Waals surface area contributed by atoms with Gasteiger partial charge in [-0.2, -0.15) is 0 Å². The Labute approximate surface area is 319 Å². The number of hydrogen-bond acceptors (Lipinski definition) is 3. The first-order valence-corrected chi connectivity index (χ1v) is 22.0. The van der Waals surface area contributed by atoms with Crippen LogP contribution < -0.4 is 14.0 Å². The monoisotopic (exact) mass is 787 g/mol. The van der Waals surface area contributed by atoms with Gasteiger partial charge in [-0.15, -0.1) is 0 Å². The fourth-order valence-electron chi connectivity index (χ4n) is 7.95. The number of para-hydroxylation sites is 2. The zero-order chi connectivity index (χ0) is 36.0. The predicted molar refractivity (Wildman–Crippen MR) is 216 cm³/mol. The fraction of sp³-hybridized carbons (Fsp3) is 0.533. The van der Waals surface area contributed by atoms with E-state index in [9.17, 15) is 0 Å². The maximum absolute atomic E-state index is 6.44. The van der Waals surface area contributed by atoms with Crippen LogP contribution in [0.3, 0.4) is 0 Å².